The van der Waals surface area contributed by atoms with Crippen LogP contribution in [0.1, 0.15) is 48.2 Å². The van der Waals surface area contributed by atoms with Crippen LogP contribution in [0.15, 0.2) is 72.9 Å². The summed E-state index contributed by atoms with van der Waals surface area (Å²) in [6.07, 6.45) is 3.58. The summed E-state index contributed by atoms with van der Waals surface area (Å²) in [5.41, 5.74) is 9.11. The van der Waals surface area contributed by atoms with Crippen molar-refractivity contribution in [3.63, 3.8) is 0 Å². The molecule has 3 aromatic rings. The lowest BCUT2D eigenvalue weighted by Crippen LogP contribution is -2.31. The molecule has 0 fully saturated rings. The number of pyridine rings is 1. The highest BCUT2D eigenvalue weighted by Crippen LogP contribution is 2.16. The first-order valence-corrected chi connectivity index (χ1v) is 11.0. The number of anilines is 2. The highest BCUT2D eigenvalue weighted by atomic mass is 16.5. The van der Waals surface area contributed by atoms with Gasteiger partial charge in [0.05, 0.1) is 12.3 Å². The Morgan fingerprint density at radius 3 is 2.41 bits per heavy atom. The van der Waals surface area contributed by atoms with Gasteiger partial charge in [-0.2, -0.15) is 0 Å². The quantitative estimate of drug-likeness (QED) is 0.372. The van der Waals surface area contributed by atoms with Crippen LogP contribution in [-0.2, 0) is 17.9 Å². The average Bonchev–Trinajstić information content (AvgIpc) is 2.81. The van der Waals surface area contributed by atoms with E-state index in [0.29, 0.717) is 36.1 Å². The Morgan fingerprint density at radius 1 is 0.969 bits per heavy atom. The Hall–Kier alpha value is -3.22. The van der Waals surface area contributed by atoms with E-state index in [1.807, 2.05) is 42.5 Å². The number of nitrogens with one attached hydrogen (secondary N) is 2. The van der Waals surface area contributed by atoms with Crippen molar-refractivity contribution in [3.8, 4) is 0 Å². The molecule has 3 rings (SSSR count). The molecule has 4 N–H and O–H groups in total. The highest BCUT2D eigenvalue weighted by Gasteiger charge is 2.12. The van der Waals surface area contributed by atoms with E-state index < -0.39 is 0 Å². The number of carbonyl (C=O) groups excluding carboxylic acids is 1. The minimum atomic E-state index is -0.217. The maximum Gasteiger partial charge on any atom is 0.255 e. The first-order valence-electron chi connectivity index (χ1n) is 11.0. The third-order valence-electron chi connectivity index (χ3n) is 5.14. The number of hydrogen-bond acceptors (Lipinski definition) is 5. The smallest absolute Gasteiger partial charge is 0.255 e. The number of hydrogen-bond donors (Lipinski definition) is 3. The van der Waals surface area contributed by atoms with Gasteiger partial charge in [-0.25, -0.2) is 4.98 Å². The SMILES string of the molecule is CC(C)CCC(NCc1ccc(C(=O)Nc2cccnc2N)cc1)OCc1ccccc1. The number of ether oxygens (including phenoxy) is 1. The average molecular weight is 433 g/mol. The maximum absolute atomic E-state index is 12.5. The molecular formula is C26H32N4O2. The second-order valence-electron chi connectivity index (χ2n) is 8.22. The Morgan fingerprint density at radius 2 is 1.72 bits per heavy atom. The molecule has 1 unspecified atom stereocenters. The van der Waals surface area contributed by atoms with Crippen molar-refractivity contribution in [2.75, 3.05) is 11.1 Å². The monoisotopic (exact) mass is 432 g/mol. The Balaban J connectivity index is 1.54. The number of benzene rings is 2. The van der Waals surface area contributed by atoms with Crippen LogP contribution in [-0.4, -0.2) is 17.1 Å². The summed E-state index contributed by atoms with van der Waals surface area (Å²) in [4.78, 5) is 16.5. The molecule has 1 amide bonds. The maximum atomic E-state index is 12.5. The van der Waals surface area contributed by atoms with Crippen LogP contribution in [0.3, 0.4) is 0 Å². The number of nitrogens with two attached hydrogens (primary N) is 1. The van der Waals surface area contributed by atoms with Gasteiger partial charge in [0.2, 0.25) is 0 Å². The summed E-state index contributed by atoms with van der Waals surface area (Å²) in [7, 11) is 0. The Bertz CT molecular complexity index is 975. The van der Waals surface area contributed by atoms with Crippen molar-refractivity contribution in [1.29, 1.82) is 0 Å². The van der Waals surface area contributed by atoms with Crippen LogP contribution in [0.25, 0.3) is 0 Å². The Kier molecular flexibility index (Phi) is 8.78. The van der Waals surface area contributed by atoms with Gasteiger partial charge in [0.25, 0.3) is 5.91 Å². The molecule has 0 saturated carbocycles. The minimum absolute atomic E-state index is 0.0332. The molecule has 6 heteroatoms. The van der Waals surface area contributed by atoms with Crippen LogP contribution >= 0.6 is 0 Å². The molecule has 0 aliphatic heterocycles. The molecule has 168 valence electrons. The van der Waals surface area contributed by atoms with Gasteiger partial charge in [0.15, 0.2) is 0 Å². The van der Waals surface area contributed by atoms with Crippen molar-refractivity contribution in [1.82, 2.24) is 10.3 Å². The molecule has 1 atom stereocenters. The van der Waals surface area contributed by atoms with E-state index >= 15 is 0 Å². The fraction of sp³-hybridized carbons (Fsp3) is 0.308. The summed E-state index contributed by atoms with van der Waals surface area (Å²) in [5, 5.41) is 6.30. The zero-order valence-electron chi connectivity index (χ0n) is 18.8. The van der Waals surface area contributed by atoms with Gasteiger partial charge in [-0.1, -0.05) is 56.3 Å². The van der Waals surface area contributed by atoms with E-state index in [0.717, 1.165) is 24.0 Å². The molecular weight excluding hydrogens is 400 g/mol. The molecule has 0 radical (unpaired) electrons. The van der Waals surface area contributed by atoms with Crippen molar-refractivity contribution in [2.24, 2.45) is 5.92 Å². The van der Waals surface area contributed by atoms with Gasteiger partial charge in [-0.3, -0.25) is 10.1 Å². The van der Waals surface area contributed by atoms with Gasteiger partial charge >= 0.3 is 0 Å². The van der Waals surface area contributed by atoms with Crippen LogP contribution in [0.5, 0.6) is 0 Å². The second kappa shape index (κ2) is 12.0. The van der Waals surface area contributed by atoms with Crippen molar-refractivity contribution in [3.05, 3.63) is 89.6 Å². The van der Waals surface area contributed by atoms with Crippen LogP contribution in [0.4, 0.5) is 11.5 Å². The summed E-state index contributed by atoms with van der Waals surface area (Å²) >= 11 is 0. The first kappa shape index (κ1) is 23.4. The van der Waals surface area contributed by atoms with E-state index in [1.54, 1.807) is 18.3 Å². The van der Waals surface area contributed by atoms with Gasteiger partial charge < -0.3 is 15.8 Å². The largest absolute Gasteiger partial charge is 0.382 e. The summed E-state index contributed by atoms with van der Waals surface area (Å²) in [6.45, 7) is 5.68. The van der Waals surface area contributed by atoms with Crippen molar-refractivity contribution in [2.45, 2.75) is 46.1 Å². The number of nitrogen functional groups attached to an aromatic ring is 1. The summed E-state index contributed by atoms with van der Waals surface area (Å²) < 4.78 is 6.15. The molecule has 0 saturated heterocycles. The number of rotatable bonds is 11. The fourth-order valence-corrected chi connectivity index (χ4v) is 3.22. The number of nitrogens with zero attached hydrogens (tertiary/aromatic N) is 1. The Labute approximate surface area is 190 Å². The lowest BCUT2D eigenvalue weighted by atomic mass is 10.1. The molecule has 1 aromatic heterocycles. The lowest BCUT2D eigenvalue weighted by molar-refractivity contribution is 0.00769. The van der Waals surface area contributed by atoms with Crippen LogP contribution in [0.2, 0.25) is 0 Å². The topological polar surface area (TPSA) is 89.3 Å². The molecule has 2 aromatic carbocycles. The van der Waals surface area contributed by atoms with E-state index in [4.69, 9.17) is 10.5 Å². The predicted octanol–water partition coefficient (Wildman–Crippen LogP) is 4.98. The molecule has 0 bridgehead atoms. The van der Waals surface area contributed by atoms with Crippen LogP contribution in [0, 0.1) is 5.92 Å². The molecule has 0 spiro atoms. The van der Waals surface area contributed by atoms with Gasteiger partial charge in [-0.05, 0) is 54.2 Å². The highest BCUT2D eigenvalue weighted by molar-refractivity contribution is 6.05. The molecule has 0 aliphatic carbocycles. The molecule has 0 aliphatic rings. The standard InChI is InChI=1S/C26H32N4O2/c1-19(2)10-15-24(32-18-21-7-4-3-5-8-21)29-17-20-11-13-22(14-12-20)26(31)30-23-9-6-16-28-25(23)27/h3-9,11-14,16,19,24,29H,10,15,17-18H2,1-2H3,(H2,27,28)(H,30,31). The summed E-state index contributed by atoms with van der Waals surface area (Å²) in [5.74, 6) is 0.695. The molecule has 32 heavy (non-hydrogen) atoms. The van der Waals surface area contributed by atoms with Gasteiger partial charge in [0.1, 0.15) is 12.0 Å². The zero-order valence-corrected chi connectivity index (χ0v) is 18.8. The third-order valence-corrected chi connectivity index (χ3v) is 5.14. The minimum Gasteiger partial charge on any atom is -0.382 e. The van der Waals surface area contributed by atoms with Crippen LogP contribution < -0.4 is 16.4 Å². The van der Waals surface area contributed by atoms with E-state index in [1.165, 1.54) is 0 Å². The van der Waals surface area contributed by atoms with E-state index in [2.05, 4.69) is 41.6 Å². The predicted molar refractivity (Wildman–Crippen MR) is 129 cm³/mol. The third kappa shape index (κ3) is 7.48. The summed E-state index contributed by atoms with van der Waals surface area (Å²) in [6, 6.07) is 21.2. The van der Waals surface area contributed by atoms with Gasteiger partial charge in [-0.15, -0.1) is 0 Å². The van der Waals surface area contributed by atoms with E-state index in [-0.39, 0.29) is 12.1 Å². The lowest BCUT2D eigenvalue weighted by Gasteiger charge is -2.21. The number of carbonyl (C=O) groups is 1. The van der Waals surface area contributed by atoms with Crippen molar-refractivity contribution < 1.29 is 9.53 Å². The number of amides is 1. The second-order valence-corrected chi connectivity index (χ2v) is 8.22. The van der Waals surface area contributed by atoms with Crippen molar-refractivity contribution >= 4 is 17.4 Å². The van der Waals surface area contributed by atoms with E-state index in [9.17, 15) is 4.79 Å². The normalized spacial score (nSPS) is 12.0. The number of aromatic nitrogens is 1. The van der Waals surface area contributed by atoms with Gasteiger partial charge in [0, 0.05) is 18.3 Å². The fourth-order valence-electron chi connectivity index (χ4n) is 3.22. The molecule has 6 nitrogen and oxygen atoms in total. The zero-order chi connectivity index (χ0) is 22.8. The molecule has 1 heterocycles. The first-order chi connectivity index (χ1) is 15.5.